The van der Waals surface area contributed by atoms with Crippen molar-refractivity contribution >= 4 is 22.6 Å². The molecule has 0 atom stereocenters. The molecule has 0 unspecified atom stereocenters. The number of fused-ring (bicyclic) bond motifs is 1. The predicted octanol–water partition coefficient (Wildman–Crippen LogP) is 0.389. The van der Waals surface area contributed by atoms with Crippen molar-refractivity contribution in [3.05, 3.63) is 45.0 Å². The minimum Gasteiger partial charge on any atom is -0.480 e. The molecule has 0 fully saturated rings. The van der Waals surface area contributed by atoms with E-state index in [-0.39, 0.29) is 16.6 Å². The van der Waals surface area contributed by atoms with Crippen molar-refractivity contribution in [1.29, 1.82) is 0 Å². The van der Waals surface area contributed by atoms with Gasteiger partial charge in [0.15, 0.2) is 0 Å². The molecule has 0 saturated carbocycles. The highest BCUT2D eigenvalue weighted by Crippen LogP contribution is 2.15. The third-order valence-electron chi connectivity index (χ3n) is 2.32. The summed E-state index contributed by atoms with van der Waals surface area (Å²) in [6.07, 6.45) is 1.10. The van der Waals surface area contributed by atoms with Gasteiger partial charge in [0.1, 0.15) is 6.54 Å². The Bertz CT molecular complexity index is 706. The zero-order valence-electron chi connectivity index (χ0n) is 8.94. The lowest BCUT2D eigenvalue weighted by atomic mass is 10.2. The van der Waals surface area contributed by atoms with Crippen molar-refractivity contribution in [2.45, 2.75) is 6.54 Å². The van der Waals surface area contributed by atoms with E-state index < -0.39 is 23.0 Å². The Morgan fingerprint density at radius 1 is 1.50 bits per heavy atom. The van der Waals surface area contributed by atoms with Gasteiger partial charge in [0, 0.05) is 12.1 Å². The molecule has 0 bridgehead atoms. The first-order valence-corrected chi connectivity index (χ1v) is 4.84. The van der Waals surface area contributed by atoms with Gasteiger partial charge >= 0.3 is 5.97 Å². The van der Waals surface area contributed by atoms with Crippen molar-refractivity contribution < 1.29 is 14.8 Å². The molecule has 8 nitrogen and oxygen atoms in total. The molecule has 2 rings (SSSR count). The first kappa shape index (κ1) is 11.7. The lowest BCUT2D eigenvalue weighted by Gasteiger charge is -2.03. The van der Waals surface area contributed by atoms with Crippen LogP contribution in [0.2, 0.25) is 0 Å². The van der Waals surface area contributed by atoms with Gasteiger partial charge in [0.05, 0.1) is 22.2 Å². The average Bonchev–Trinajstić information content (AvgIpc) is 2.32. The van der Waals surface area contributed by atoms with E-state index in [0.29, 0.717) is 0 Å². The Labute approximate surface area is 99.3 Å². The largest absolute Gasteiger partial charge is 0.480 e. The van der Waals surface area contributed by atoms with Gasteiger partial charge in [-0.2, -0.15) is 0 Å². The molecule has 1 heterocycles. The number of aliphatic carboxylic acids is 1. The van der Waals surface area contributed by atoms with Crippen LogP contribution in [0.15, 0.2) is 29.3 Å². The molecular formula is C10H7N3O5. The minimum absolute atomic E-state index is 0.0213. The molecular weight excluding hydrogens is 242 g/mol. The zero-order chi connectivity index (χ0) is 13.3. The lowest BCUT2D eigenvalue weighted by Crippen LogP contribution is -2.24. The van der Waals surface area contributed by atoms with E-state index in [0.717, 1.165) is 17.0 Å². The smallest absolute Gasteiger partial charge is 0.323 e. The van der Waals surface area contributed by atoms with Crippen molar-refractivity contribution in [2.75, 3.05) is 0 Å². The fourth-order valence-electron chi connectivity index (χ4n) is 1.52. The minimum atomic E-state index is -1.19. The van der Waals surface area contributed by atoms with Crippen LogP contribution in [0.5, 0.6) is 0 Å². The van der Waals surface area contributed by atoms with Crippen LogP contribution < -0.4 is 5.56 Å². The Balaban J connectivity index is 2.67. The van der Waals surface area contributed by atoms with Gasteiger partial charge in [-0.05, 0) is 6.07 Å². The summed E-state index contributed by atoms with van der Waals surface area (Å²) in [4.78, 5) is 36.3. The summed E-state index contributed by atoms with van der Waals surface area (Å²) in [5.41, 5.74) is -0.576. The van der Waals surface area contributed by atoms with Gasteiger partial charge in [-0.3, -0.25) is 24.3 Å². The zero-order valence-corrected chi connectivity index (χ0v) is 8.94. The maximum atomic E-state index is 11.9. The fourth-order valence-corrected chi connectivity index (χ4v) is 1.52. The number of carboxylic acids is 1. The van der Waals surface area contributed by atoms with E-state index in [1.165, 1.54) is 12.1 Å². The van der Waals surface area contributed by atoms with Gasteiger partial charge in [-0.1, -0.05) is 0 Å². The van der Waals surface area contributed by atoms with Gasteiger partial charge < -0.3 is 5.11 Å². The maximum Gasteiger partial charge on any atom is 0.323 e. The second-order valence-corrected chi connectivity index (χ2v) is 3.53. The van der Waals surface area contributed by atoms with E-state index in [1.54, 1.807) is 0 Å². The molecule has 0 aliphatic heterocycles. The number of non-ortho nitro benzene ring substituents is 1. The molecule has 0 saturated heterocycles. The van der Waals surface area contributed by atoms with E-state index in [9.17, 15) is 19.7 Å². The molecule has 1 N–H and O–H groups in total. The second-order valence-electron chi connectivity index (χ2n) is 3.53. The molecule has 0 spiro atoms. The predicted molar refractivity (Wildman–Crippen MR) is 60.3 cm³/mol. The molecule has 92 valence electrons. The number of nitrogens with zero attached hydrogens (tertiary/aromatic N) is 3. The van der Waals surface area contributed by atoms with E-state index in [4.69, 9.17) is 5.11 Å². The molecule has 18 heavy (non-hydrogen) atoms. The molecule has 8 heteroatoms. The summed E-state index contributed by atoms with van der Waals surface area (Å²) < 4.78 is 0.883. The number of carbonyl (C=O) groups is 1. The van der Waals surface area contributed by atoms with Gasteiger partial charge in [-0.15, -0.1) is 0 Å². The maximum absolute atomic E-state index is 11.9. The van der Waals surface area contributed by atoms with Crippen LogP contribution in [-0.4, -0.2) is 25.6 Å². The van der Waals surface area contributed by atoms with Gasteiger partial charge in [0.2, 0.25) is 0 Å². The molecule has 2 aromatic rings. The van der Waals surface area contributed by atoms with E-state index in [2.05, 4.69) is 4.98 Å². The van der Waals surface area contributed by atoms with Crippen LogP contribution in [0.3, 0.4) is 0 Å². The van der Waals surface area contributed by atoms with Crippen LogP contribution >= 0.6 is 0 Å². The van der Waals surface area contributed by atoms with E-state index in [1.807, 2.05) is 0 Å². The molecule has 1 aromatic carbocycles. The number of hydrogen-bond acceptors (Lipinski definition) is 5. The van der Waals surface area contributed by atoms with Crippen LogP contribution in [0, 0.1) is 10.1 Å². The third kappa shape index (κ3) is 2.03. The SMILES string of the molecule is O=C(O)Cn1cnc2ccc([N+](=O)[O-])cc2c1=O. The van der Waals surface area contributed by atoms with Crippen LogP contribution in [0.4, 0.5) is 5.69 Å². The Kier molecular flexibility index (Phi) is 2.76. The first-order chi connectivity index (χ1) is 8.49. The van der Waals surface area contributed by atoms with Crippen molar-refractivity contribution in [2.24, 2.45) is 0 Å². The summed E-state index contributed by atoms with van der Waals surface area (Å²) in [6, 6.07) is 3.67. The number of hydrogen-bond donors (Lipinski definition) is 1. The molecule has 0 amide bonds. The summed E-state index contributed by atoms with van der Waals surface area (Å²) in [5, 5.41) is 19.2. The Morgan fingerprint density at radius 3 is 2.83 bits per heavy atom. The van der Waals surface area contributed by atoms with Crippen LogP contribution in [0.25, 0.3) is 10.9 Å². The molecule has 1 aromatic heterocycles. The monoisotopic (exact) mass is 249 g/mol. The number of carboxylic acid groups (broad SMARTS) is 1. The Morgan fingerprint density at radius 2 is 2.22 bits per heavy atom. The van der Waals surface area contributed by atoms with E-state index >= 15 is 0 Å². The summed E-state index contributed by atoms with van der Waals surface area (Å²) in [6.45, 7) is -0.537. The second kappa shape index (κ2) is 4.24. The summed E-state index contributed by atoms with van der Waals surface area (Å²) >= 11 is 0. The van der Waals surface area contributed by atoms with Crippen molar-refractivity contribution in [1.82, 2.24) is 9.55 Å². The number of rotatable bonds is 3. The molecule has 0 radical (unpaired) electrons. The standard InChI is InChI=1S/C10H7N3O5/c14-9(15)4-12-5-11-8-2-1-6(13(17)18)3-7(8)10(12)16/h1-3,5H,4H2,(H,14,15). The summed E-state index contributed by atoms with van der Waals surface area (Å²) in [7, 11) is 0. The van der Waals surface area contributed by atoms with Crippen molar-refractivity contribution in [3.8, 4) is 0 Å². The average molecular weight is 249 g/mol. The Hall–Kier alpha value is -2.77. The van der Waals surface area contributed by atoms with Gasteiger partial charge in [0.25, 0.3) is 11.2 Å². The van der Waals surface area contributed by atoms with Gasteiger partial charge in [-0.25, -0.2) is 4.98 Å². The number of benzene rings is 1. The number of aromatic nitrogens is 2. The summed E-state index contributed by atoms with van der Waals surface area (Å²) in [5.74, 6) is -1.19. The first-order valence-electron chi connectivity index (χ1n) is 4.84. The number of nitro groups is 1. The molecule has 0 aliphatic carbocycles. The van der Waals surface area contributed by atoms with Crippen molar-refractivity contribution in [3.63, 3.8) is 0 Å². The lowest BCUT2D eigenvalue weighted by molar-refractivity contribution is -0.384. The van der Waals surface area contributed by atoms with Crippen LogP contribution in [-0.2, 0) is 11.3 Å². The number of nitro benzene ring substituents is 1. The van der Waals surface area contributed by atoms with Crippen LogP contribution in [0.1, 0.15) is 0 Å². The normalized spacial score (nSPS) is 10.4. The highest BCUT2D eigenvalue weighted by Gasteiger charge is 2.11. The third-order valence-corrected chi connectivity index (χ3v) is 2.32. The highest BCUT2D eigenvalue weighted by molar-refractivity contribution is 5.80. The molecule has 0 aliphatic rings. The fraction of sp³-hybridized carbons (Fsp3) is 0.100. The topological polar surface area (TPSA) is 115 Å². The quantitative estimate of drug-likeness (QED) is 0.621. The highest BCUT2D eigenvalue weighted by atomic mass is 16.6.